The second kappa shape index (κ2) is 7.50. The summed E-state index contributed by atoms with van der Waals surface area (Å²) in [7, 11) is 3.90. The van der Waals surface area contributed by atoms with E-state index in [1.54, 1.807) is 13.8 Å². The molecule has 1 N–H and O–H groups in total. The largest absolute Gasteiger partial charge is 0.503 e. The van der Waals surface area contributed by atoms with Crippen molar-refractivity contribution in [1.29, 1.82) is 0 Å². The van der Waals surface area contributed by atoms with Gasteiger partial charge in [0.05, 0.1) is 11.6 Å². The summed E-state index contributed by atoms with van der Waals surface area (Å²) in [5.41, 5.74) is 3.56. The van der Waals surface area contributed by atoms with Crippen LogP contribution in [0.5, 0.6) is 0 Å². The number of anilines is 2. The van der Waals surface area contributed by atoms with Crippen LogP contribution in [0.4, 0.5) is 11.4 Å². The van der Waals surface area contributed by atoms with E-state index in [2.05, 4.69) is 0 Å². The van der Waals surface area contributed by atoms with E-state index in [0.29, 0.717) is 5.69 Å². The number of aliphatic hydroxyl groups excluding tert-OH is 1. The Bertz CT molecular complexity index is 943. The normalized spacial score (nSPS) is 16.9. The van der Waals surface area contributed by atoms with Crippen LogP contribution in [0.25, 0.3) is 0 Å². The highest BCUT2D eigenvalue weighted by atomic mass is 16.3. The molecule has 0 saturated heterocycles. The lowest BCUT2D eigenvalue weighted by Gasteiger charge is -2.29. The molecule has 146 valence electrons. The lowest BCUT2D eigenvalue weighted by molar-refractivity contribution is -0.119. The predicted molar refractivity (Wildman–Crippen MR) is 112 cm³/mol. The third kappa shape index (κ3) is 3.28. The van der Waals surface area contributed by atoms with Crippen molar-refractivity contribution in [1.82, 2.24) is 0 Å². The van der Waals surface area contributed by atoms with Crippen molar-refractivity contribution in [3.8, 4) is 0 Å². The summed E-state index contributed by atoms with van der Waals surface area (Å²) < 4.78 is 0. The van der Waals surface area contributed by atoms with Gasteiger partial charge in [0.2, 0.25) is 0 Å². The molecule has 5 heteroatoms. The number of amides is 1. The molecular weight excluding hydrogens is 352 g/mol. The average molecular weight is 378 g/mol. The molecule has 1 aliphatic rings. The number of rotatable bonds is 5. The fourth-order valence-electron chi connectivity index (χ4n) is 3.52. The summed E-state index contributed by atoms with van der Waals surface area (Å²) in [4.78, 5) is 29.4. The molecule has 1 aliphatic heterocycles. The molecule has 2 aromatic rings. The number of Topliss-reactive ketones (excluding diaryl/α,β-unsaturated/α-hetero) is 1. The molecule has 0 aliphatic carbocycles. The number of aryl methyl sites for hydroxylation is 1. The smallest absolute Gasteiger partial charge is 0.294 e. The molecule has 0 aromatic heterocycles. The fourth-order valence-corrected chi connectivity index (χ4v) is 3.52. The van der Waals surface area contributed by atoms with Gasteiger partial charge in [-0.3, -0.25) is 14.5 Å². The van der Waals surface area contributed by atoms with E-state index in [1.165, 1.54) is 4.90 Å². The number of carbonyl (C=O) groups is 2. The average Bonchev–Trinajstić information content (AvgIpc) is 2.92. The van der Waals surface area contributed by atoms with Crippen LogP contribution in [0, 0.1) is 12.8 Å². The van der Waals surface area contributed by atoms with E-state index in [0.717, 1.165) is 16.8 Å². The standard InChI is InChI=1S/C23H26N2O3/c1-14(2)21(26)19-20(16-10-12-17(13-11-16)24(4)5)25(23(28)22(19)27)18-9-7-6-8-15(18)3/h6-14,20,27H,1-5H3. The predicted octanol–water partition coefficient (Wildman–Crippen LogP) is 4.19. The topological polar surface area (TPSA) is 60.9 Å². The van der Waals surface area contributed by atoms with E-state index in [4.69, 9.17) is 0 Å². The zero-order chi connectivity index (χ0) is 20.6. The van der Waals surface area contributed by atoms with Gasteiger partial charge in [0.15, 0.2) is 11.5 Å². The third-order valence-corrected chi connectivity index (χ3v) is 5.10. The molecule has 0 spiro atoms. The van der Waals surface area contributed by atoms with E-state index < -0.39 is 17.7 Å². The highest BCUT2D eigenvalue weighted by molar-refractivity contribution is 6.17. The molecule has 1 unspecified atom stereocenters. The SMILES string of the molecule is Cc1ccccc1N1C(=O)C(O)=C(C(=O)C(C)C)C1c1ccc(N(C)C)cc1. The molecule has 0 fully saturated rings. The summed E-state index contributed by atoms with van der Waals surface area (Å²) in [5, 5.41) is 10.6. The summed E-state index contributed by atoms with van der Waals surface area (Å²) in [6, 6.07) is 14.5. The lowest BCUT2D eigenvalue weighted by Crippen LogP contribution is -2.32. The van der Waals surface area contributed by atoms with Crippen LogP contribution in [-0.4, -0.2) is 30.9 Å². The van der Waals surface area contributed by atoms with Gasteiger partial charge >= 0.3 is 0 Å². The van der Waals surface area contributed by atoms with Gasteiger partial charge < -0.3 is 10.0 Å². The van der Waals surface area contributed by atoms with Crippen molar-refractivity contribution >= 4 is 23.1 Å². The van der Waals surface area contributed by atoms with E-state index in [-0.39, 0.29) is 17.3 Å². The Balaban J connectivity index is 2.18. The Hall–Kier alpha value is -3.08. The van der Waals surface area contributed by atoms with Crippen LogP contribution in [0.2, 0.25) is 0 Å². The highest BCUT2D eigenvalue weighted by Crippen LogP contribution is 2.42. The maximum atomic E-state index is 13.0. The molecular formula is C23H26N2O3. The number of carbonyl (C=O) groups excluding carboxylic acids is 2. The first-order valence-corrected chi connectivity index (χ1v) is 9.37. The van der Waals surface area contributed by atoms with Crippen LogP contribution >= 0.6 is 0 Å². The zero-order valence-electron chi connectivity index (χ0n) is 16.9. The van der Waals surface area contributed by atoms with Crippen molar-refractivity contribution in [2.75, 3.05) is 23.9 Å². The van der Waals surface area contributed by atoms with Crippen molar-refractivity contribution < 1.29 is 14.7 Å². The minimum absolute atomic E-state index is 0.167. The maximum Gasteiger partial charge on any atom is 0.294 e. The van der Waals surface area contributed by atoms with E-state index >= 15 is 0 Å². The number of nitrogens with zero attached hydrogens (tertiary/aromatic N) is 2. The maximum absolute atomic E-state index is 13.0. The van der Waals surface area contributed by atoms with Gasteiger partial charge in [-0.25, -0.2) is 0 Å². The molecule has 0 bridgehead atoms. The van der Waals surface area contributed by atoms with Crippen molar-refractivity contribution in [3.05, 3.63) is 71.0 Å². The van der Waals surface area contributed by atoms with Crippen LogP contribution in [0.15, 0.2) is 59.9 Å². The van der Waals surface area contributed by atoms with E-state index in [1.807, 2.05) is 74.4 Å². The Labute approximate surface area is 165 Å². The van der Waals surface area contributed by atoms with Crippen molar-refractivity contribution in [2.45, 2.75) is 26.8 Å². The van der Waals surface area contributed by atoms with E-state index in [9.17, 15) is 14.7 Å². The molecule has 1 atom stereocenters. The second-order valence-corrected chi connectivity index (χ2v) is 7.63. The Morgan fingerprint density at radius 2 is 1.68 bits per heavy atom. The number of aliphatic hydroxyl groups is 1. The first-order chi connectivity index (χ1) is 13.2. The second-order valence-electron chi connectivity index (χ2n) is 7.63. The summed E-state index contributed by atoms with van der Waals surface area (Å²) in [6.45, 7) is 5.46. The summed E-state index contributed by atoms with van der Waals surface area (Å²) >= 11 is 0. The minimum atomic E-state index is -0.653. The molecule has 0 radical (unpaired) electrons. The van der Waals surface area contributed by atoms with Gasteiger partial charge in [0.1, 0.15) is 0 Å². The molecule has 28 heavy (non-hydrogen) atoms. The lowest BCUT2D eigenvalue weighted by atomic mass is 9.91. The molecule has 3 rings (SSSR count). The van der Waals surface area contributed by atoms with Crippen molar-refractivity contribution in [3.63, 3.8) is 0 Å². The summed E-state index contributed by atoms with van der Waals surface area (Å²) in [6.07, 6.45) is 0. The highest BCUT2D eigenvalue weighted by Gasteiger charge is 2.45. The van der Waals surface area contributed by atoms with Crippen LogP contribution in [-0.2, 0) is 9.59 Å². The minimum Gasteiger partial charge on any atom is -0.503 e. The van der Waals surface area contributed by atoms with Crippen molar-refractivity contribution in [2.24, 2.45) is 5.92 Å². The molecule has 0 saturated carbocycles. The number of ketones is 1. The Morgan fingerprint density at radius 3 is 2.21 bits per heavy atom. The fraction of sp³-hybridized carbons (Fsp3) is 0.304. The third-order valence-electron chi connectivity index (χ3n) is 5.10. The van der Waals surface area contributed by atoms with Gasteiger partial charge in [-0.2, -0.15) is 0 Å². The van der Waals surface area contributed by atoms with Gasteiger partial charge in [0, 0.05) is 31.4 Å². The van der Waals surface area contributed by atoms with Gasteiger partial charge in [-0.15, -0.1) is 0 Å². The molecule has 5 nitrogen and oxygen atoms in total. The number of para-hydroxylation sites is 1. The molecule has 1 amide bonds. The zero-order valence-corrected chi connectivity index (χ0v) is 16.9. The van der Waals surface area contributed by atoms with Crippen LogP contribution < -0.4 is 9.80 Å². The van der Waals surface area contributed by atoms with Gasteiger partial charge in [-0.1, -0.05) is 44.2 Å². The summed E-state index contributed by atoms with van der Waals surface area (Å²) in [5.74, 6) is -1.54. The molecule has 2 aromatic carbocycles. The quantitative estimate of drug-likeness (QED) is 0.848. The first-order valence-electron chi connectivity index (χ1n) is 9.37. The van der Waals surface area contributed by atoms with Gasteiger partial charge in [-0.05, 0) is 36.2 Å². The van der Waals surface area contributed by atoms with Crippen LogP contribution in [0.3, 0.4) is 0 Å². The first kappa shape index (κ1) is 19.7. The number of benzene rings is 2. The number of hydrogen-bond acceptors (Lipinski definition) is 4. The van der Waals surface area contributed by atoms with Gasteiger partial charge in [0.25, 0.3) is 5.91 Å². The van der Waals surface area contributed by atoms with Crippen LogP contribution in [0.1, 0.15) is 31.0 Å². The number of hydrogen-bond donors (Lipinski definition) is 1. The monoisotopic (exact) mass is 378 g/mol. The Kier molecular flexibility index (Phi) is 5.27. The molecule has 1 heterocycles. The Morgan fingerprint density at radius 1 is 1.07 bits per heavy atom.